The lowest BCUT2D eigenvalue weighted by molar-refractivity contribution is -0.113. The zero-order valence-electron chi connectivity index (χ0n) is 11.9. The summed E-state index contributed by atoms with van der Waals surface area (Å²) in [6.45, 7) is -0.180. The summed E-state index contributed by atoms with van der Waals surface area (Å²) in [7, 11) is 0. The molecule has 0 radical (unpaired) electrons. The van der Waals surface area contributed by atoms with Gasteiger partial charge in [0, 0.05) is 30.4 Å². The lowest BCUT2D eigenvalue weighted by Gasteiger charge is -2.27. The van der Waals surface area contributed by atoms with Crippen molar-refractivity contribution >= 4 is 23.6 Å². The van der Waals surface area contributed by atoms with Gasteiger partial charge in [0.05, 0.1) is 24.0 Å². The third kappa shape index (κ3) is 2.01. The predicted octanol–water partition coefficient (Wildman–Crippen LogP) is 0.542. The number of carbonyl (C=O) groups is 1. The molecule has 0 aromatic carbocycles. The molecule has 1 amide bonds. The Morgan fingerprint density at radius 2 is 2.23 bits per heavy atom. The first-order chi connectivity index (χ1) is 10.7. The number of anilines is 2. The Kier molecular flexibility index (Phi) is 2.98. The number of hydrogen-bond donors (Lipinski definition) is 3. The monoisotopic (exact) mass is 300 g/mol. The van der Waals surface area contributed by atoms with E-state index in [2.05, 4.69) is 15.3 Å². The number of aliphatic hydroxyl groups is 2. The number of aliphatic imine (C=N–C) groups is 1. The Morgan fingerprint density at radius 3 is 2.95 bits per heavy atom. The zero-order chi connectivity index (χ0) is 15.3. The summed E-state index contributed by atoms with van der Waals surface area (Å²) in [4.78, 5) is 23.2. The van der Waals surface area contributed by atoms with E-state index in [0.29, 0.717) is 28.5 Å². The van der Waals surface area contributed by atoms with Crippen LogP contribution in [0.3, 0.4) is 0 Å². The lowest BCUT2D eigenvalue weighted by atomic mass is 10.1. The van der Waals surface area contributed by atoms with E-state index >= 15 is 0 Å². The highest BCUT2D eigenvalue weighted by Gasteiger charge is 2.40. The van der Waals surface area contributed by atoms with Gasteiger partial charge < -0.3 is 20.4 Å². The minimum atomic E-state index is -0.753. The molecule has 114 valence electrons. The van der Waals surface area contributed by atoms with Gasteiger partial charge in [-0.1, -0.05) is 0 Å². The lowest BCUT2D eigenvalue weighted by Crippen LogP contribution is -2.30. The summed E-state index contributed by atoms with van der Waals surface area (Å²) >= 11 is 0. The van der Waals surface area contributed by atoms with E-state index in [1.54, 1.807) is 12.3 Å². The van der Waals surface area contributed by atoms with Crippen LogP contribution in [0.25, 0.3) is 0 Å². The highest BCUT2D eigenvalue weighted by molar-refractivity contribution is 6.09. The Morgan fingerprint density at radius 1 is 1.41 bits per heavy atom. The predicted molar refractivity (Wildman–Crippen MR) is 80.4 cm³/mol. The molecule has 0 spiro atoms. The first-order valence-electron chi connectivity index (χ1n) is 7.33. The minimum absolute atomic E-state index is 0.180. The number of carbonyl (C=O) groups excluding carboxylic acids is 1. The molecule has 0 bridgehead atoms. The highest BCUT2D eigenvalue weighted by atomic mass is 16.3. The average molecular weight is 300 g/mol. The van der Waals surface area contributed by atoms with Gasteiger partial charge >= 0.3 is 0 Å². The summed E-state index contributed by atoms with van der Waals surface area (Å²) in [5.41, 5.74) is 1.61. The second-order valence-corrected chi connectivity index (χ2v) is 5.73. The van der Waals surface area contributed by atoms with Crippen molar-refractivity contribution in [3.63, 3.8) is 0 Å². The van der Waals surface area contributed by atoms with Crippen LogP contribution in [0.4, 0.5) is 11.5 Å². The van der Waals surface area contributed by atoms with E-state index in [-0.39, 0.29) is 25.0 Å². The molecule has 1 aromatic rings. The van der Waals surface area contributed by atoms with Gasteiger partial charge in [0.25, 0.3) is 5.91 Å². The van der Waals surface area contributed by atoms with E-state index in [1.807, 2.05) is 4.90 Å². The van der Waals surface area contributed by atoms with Gasteiger partial charge in [-0.25, -0.2) is 9.98 Å². The first-order valence-corrected chi connectivity index (χ1v) is 7.33. The molecule has 1 unspecified atom stereocenters. The average Bonchev–Trinajstić information content (AvgIpc) is 3.34. The number of fused-ring (bicyclic) bond motifs is 1. The molecule has 1 saturated carbocycles. The van der Waals surface area contributed by atoms with Crippen molar-refractivity contribution in [2.45, 2.75) is 38.0 Å². The maximum atomic E-state index is 12.5. The summed E-state index contributed by atoms with van der Waals surface area (Å²) in [5.74, 6) is 0.880. The summed E-state index contributed by atoms with van der Waals surface area (Å²) in [6, 6.07) is 1.94. The van der Waals surface area contributed by atoms with Crippen molar-refractivity contribution in [3.8, 4) is 0 Å². The van der Waals surface area contributed by atoms with Crippen molar-refractivity contribution in [3.05, 3.63) is 29.2 Å². The maximum absolute atomic E-state index is 12.5. The van der Waals surface area contributed by atoms with Crippen molar-refractivity contribution in [2.24, 2.45) is 4.99 Å². The largest absolute Gasteiger partial charge is 0.392 e. The van der Waals surface area contributed by atoms with Crippen LogP contribution in [0.1, 0.15) is 24.8 Å². The van der Waals surface area contributed by atoms with Gasteiger partial charge in [-0.3, -0.25) is 4.79 Å². The molecule has 3 heterocycles. The highest BCUT2D eigenvalue weighted by Crippen LogP contribution is 2.42. The maximum Gasteiger partial charge on any atom is 0.255 e. The molecule has 3 aliphatic rings. The van der Waals surface area contributed by atoms with Crippen molar-refractivity contribution in [2.75, 3.05) is 10.2 Å². The zero-order valence-corrected chi connectivity index (χ0v) is 11.9. The van der Waals surface area contributed by atoms with Crippen molar-refractivity contribution in [1.82, 2.24) is 4.98 Å². The first kappa shape index (κ1) is 13.4. The van der Waals surface area contributed by atoms with Gasteiger partial charge in [0.15, 0.2) is 5.82 Å². The Labute approximate surface area is 127 Å². The molecule has 1 aromatic heterocycles. The molecular formula is C15H16N4O3. The van der Waals surface area contributed by atoms with Gasteiger partial charge in [-0.2, -0.15) is 0 Å². The van der Waals surface area contributed by atoms with Crippen LogP contribution in [0.15, 0.2) is 28.6 Å². The van der Waals surface area contributed by atoms with E-state index in [4.69, 9.17) is 0 Å². The summed E-state index contributed by atoms with van der Waals surface area (Å²) in [5, 5.41) is 22.1. The molecule has 7 nitrogen and oxygen atoms in total. The van der Waals surface area contributed by atoms with Crippen LogP contribution in [0.2, 0.25) is 0 Å². The summed E-state index contributed by atoms with van der Waals surface area (Å²) in [6.07, 6.45) is 4.58. The van der Waals surface area contributed by atoms with Crippen LogP contribution in [-0.4, -0.2) is 39.5 Å². The van der Waals surface area contributed by atoms with Crippen LogP contribution in [0.5, 0.6) is 0 Å². The van der Waals surface area contributed by atoms with Crippen molar-refractivity contribution < 1.29 is 15.0 Å². The Balaban J connectivity index is 1.91. The van der Waals surface area contributed by atoms with E-state index in [1.165, 1.54) is 6.21 Å². The molecule has 1 aliphatic carbocycles. The van der Waals surface area contributed by atoms with Crippen molar-refractivity contribution in [1.29, 1.82) is 0 Å². The van der Waals surface area contributed by atoms with Gasteiger partial charge in [-0.15, -0.1) is 0 Å². The number of aliphatic hydroxyl groups excluding tert-OH is 2. The SMILES string of the molecule is O=C1Nc2c(CO)ccnc2N(C2CC2)C2=C1CC(O)C=N2. The molecular weight excluding hydrogens is 284 g/mol. The third-order valence-electron chi connectivity index (χ3n) is 4.12. The molecule has 1 atom stereocenters. The van der Waals surface area contributed by atoms with E-state index in [9.17, 15) is 15.0 Å². The fraction of sp³-hybridized carbons (Fsp3) is 0.400. The second kappa shape index (κ2) is 4.89. The number of nitrogens with zero attached hydrogens (tertiary/aromatic N) is 3. The molecule has 4 rings (SSSR count). The standard InChI is InChI=1S/C15H16N4O3/c20-7-8-3-4-16-14-12(8)18-15(22)11-5-10(21)6-17-13(11)19(14)9-1-2-9/h3-4,6,9-10,20-21H,1-2,5,7H2,(H,18,22). The number of hydrogen-bond acceptors (Lipinski definition) is 6. The number of rotatable bonds is 2. The summed E-state index contributed by atoms with van der Waals surface area (Å²) < 4.78 is 0. The number of aromatic nitrogens is 1. The normalized spacial score (nSPS) is 23.8. The van der Waals surface area contributed by atoms with E-state index < -0.39 is 6.10 Å². The molecule has 3 N–H and O–H groups in total. The van der Waals surface area contributed by atoms with Crippen LogP contribution < -0.4 is 10.2 Å². The number of pyridine rings is 1. The Bertz CT molecular complexity index is 709. The van der Waals surface area contributed by atoms with Crippen LogP contribution in [0, 0.1) is 0 Å². The third-order valence-corrected chi connectivity index (χ3v) is 4.12. The van der Waals surface area contributed by atoms with Gasteiger partial charge in [0.1, 0.15) is 5.82 Å². The smallest absolute Gasteiger partial charge is 0.255 e. The van der Waals surface area contributed by atoms with E-state index in [0.717, 1.165) is 12.8 Å². The van der Waals surface area contributed by atoms with Gasteiger partial charge in [-0.05, 0) is 18.9 Å². The second-order valence-electron chi connectivity index (χ2n) is 5.73. The molecule has 0 saturated heterocycles. The Hall–Kier alpha value is -2.25. The fourth-order valence-electron chi connectivity index (χ4n) is 2.90. The fourth-order valence-corrected chi connectivity index (χ4v) is 2.90. The van der Waals surface area contributed by atoms with Crippen LogP contribution in [-0.2, 0) is 11.4 Å². The molecule has 7 heteroatoms. The quantitative estimate of drug-likeness (QED) is 0.740. The van der Waals surface area contributed by atoms with Gasteiger partial charge in [0.2, 0.25) is 0 Å². The van der Waals surface area contributed by atoms with Crippen LogP contribution >= 0.6 is 0 Å². The molecule has 22 heavy (non-hydrogen) atoms. The topological polar surface area (TPSA) is 98.0 Å². The molecule has 2 aliphatic heterocycles. The molecule has 1 fully saturated rings. The number of nitrogens with one attached hydrogen (secondary N) is 1. The number of amides is 1. The minimum Gasteiger partial charge on any atom is -0.392 e.